The summed E-state index contributed by atoms with van der Waals surface area (Å²) in [5.74, 6) is 0.709. The maximum atomic E-state index is 5.16. The zero-order valence-electron chi connectivity index (χ0n) is 26.9. The van der Waals surface area contributed by atoms with Crippen LogP contribution in [0.4, 0.5) is 0 Å². The molecule has 2 aromatic heterocycles. The van der Waals surface area contributed by atoms with E-state index in [-0.39, 0.29) is 10.8 Å². The fourth-order valence-electron chi connectivity index (χ4n) is 6.14. The standard InChI is InChI=1S/C42H39N3/c1-41(2,3)32-18-14-27(15-19-32)29-24-30(28-16-20-33(21-17-28)42(4,5)6)26-31(25-29)37-22-23-43-40(45-37)36-12-9-11-35-34-10-7-8-13-38(34)44-39(35)36/h7-26,44H,1-6H3. The van der Waals surface area contributed by atoms with Crippen LogP contribution in [0.1, 0.15) is 52.7 Å². The maximum Gasteiger partial charge on any atom is 0.161 e. The van der Waals surface area contributed by atoms with Crippen molar-refractivity contribution in [3.63, 3.8) is 0 Å². The quantitative estimate of drug-likeness (QED) is 0.223. The molecule has 1 N–H and O–H groups in total. The van der Waals surface area contributed by atoms with Crippen LogP contribution in [-0.4, -0.2) is 15.0 Å². The third kappa shape index (κ3) is 5.55. The molecule has 45 heavy (non-hydrogen) atoms. The topological polar surface area (TPSA) is 41.6 Å². The minimum Gasteiger partial charge on any atom is -0.354 e. The minimum absolute atomic E-state index is 0.103. The summed E-state index contributed by atoms with van der Waals surface area (Å²) in [6, 6.07) is 41.6. The highest BCUT2D eigenvalue weighted by atomic mass is 14.9. The molecule has 7 rings (SSSR count). The molecule has 5 aromatic carbocycles. The predicted molar refractivity (Wildman–Crippen MR) is 191 cm³/mol. The molecule has 0 unspecified atom stereocenters. The van der Waals surface area contributed by atoms with Gasteiger partial charge in [0.2, 0.25) is 0 Å². The van der Waals surface area contributed by atoms with Crippen molar-refractivity contribution in [1.82, 2.24) is 15.0 Å². The van der Waals surface area contributed by atoms with E-state index in [0.717, 1.165) is 27.9 Å². The molecule has 0 radical (unpaired) electrons. The lowest BCUT2D eigenvalue weighted by Gasteiger charge is -2.20. The van der Waals surface area contributed by atoms with E-state index in [0.29, 0.717) is 5.82 Å². The number of aromatic nitrogens is 3. The Labute approximate surface area is 266 Å². The maximum absolute atomic E-state index is 5.16. The van der Waals surface area contributed by atoms with Crippen molar-refractivity contribution < 1.29 is 0 Å². The van der Waals surface area contributed by atoms with Crippen molar-refractivity contribution in [2.24, 2.45) is 0 Å². The molecule has 3 heteroatoms. The summed E-state index contributed by atoms with van der Waals surface area (Å²) in [5.41, 5.74) is 12.7. The highest BCUT2D eigenvalue weighted by Crippen LogP contribution is 2.36. The van der Waals surface area contributed by atoms with Crippen LogP contribution in [0.5, 0.6) is 0 Å². The predicted octanol–water partition coefficient (Wildman–Crippen LogP) is 11.4. The van der Waals surface area contributed by atoms with Crippen LogP contribution < -0.4 is 0 Å². The molecule has 0 atom stereocenters. The summed E-state index contributed by atoms with van der Waals surface area (Å²) in [7, 11) is 0. The summed E-state index contributed by atoms with van der Waals surface area (Å²) < 4.78 is 0. The summed E-state index contributed by atoms with van der Waals surface area (Å²) in [6.45, 7) is 13.5. The van der Waals surface area contributed by atoms with E-state index in [1.54, 1.807) is 0 Å². The average Bonchev–Trinajstić information content (AvgIpc) is 3.43. The number of aromatic amines is 1. The number of hydrogen-bond donors (Lipinski definition) is 1. The van der Waals surface area contributed by atoms with Crippen LogP contribution >= 0.6 is 0 Å². The second kappa shape index (κ2) is 10.9. The van der Waals surface area contributed by atoms with Gasteiger partial charge in [0, 0.05) is 33.6 Å². The molecule has 0 aliphatic carbocycles. The van der Waals surface area contributed by atoms with Crippen LogP contribution in [0.15, 0.2) is 121 Å². The molecule has 7 aromatic rings. The molecule has 0 saturated heterocycles. The Kier molecular flexibility index (Phi) is 6.93. The minimum atomic E-state index is 0.103. The Hall–Kier alpha value is -5.02. The lowest BCUT2D eigenvalue weighted by molar-refractivity contribution is 0.590. The zero-order chi connectivity index (χ0) is 31.3. The van der Waals surface area contributed by atoms with Crippen molar-refractivity contribution >= 4 is 21.8 Å². The summed E-state index contributed by atoms with van der Waals surface area (Å²) >= 11 is 0. The summed E-state index contributed by atoms with van der Waals surface area (Å²) in [6.07, 6.45) is 1.88. The van der Waals surface area contributed by atoms with Crippen LogP contribution in [0, 0.1) is 0 Å². The van der Waals surface area contributed by atoms with E-state index >= 15 is 0 Å². The van der Waals surface area contributed by atoms with E-state index in [2.05, 4.69) is 156 Å². The SMILES string of the molecule is CC(C)(C)c1ccc(-c2cc(-c3ccc(C(C)(C)C)cc3)cc(-c3ccnc(-c4cccc5c4[nH]c4ccccc45)n3)c2)cc1. The molecular formula is C42H39N3. The molecule has 0 amide bonds. The second-order valence-electron chi connectivity index (χ2n) is 14.1. The Balaban J connectivity index is 1.36. The van der Waals surface area contributed by atoms with E-state index < -0.39 is 0 Å². The number of para-hydroxylation sites is 2. The van der Waals surface area contributed by atoms with Crippen LogP contribution in [0.3, 0.4) is 0 Å². The lowest BCUT2D eigenvalue weighted by Crippen LogP contribution is -2.10. The van der Waals surface area contributed by atoms with E-state index in [1.165, 1.54) is 44.2 Å². The number of rotatable bonds is 4. The normalized spacial score (nSPS) is 12.2. The molecule has 0 spiro atoms. The van der Waals surface area contributed by atoms with Crippen molar-refractivity contribution in [2.45, 2.75) is 52.4 Å². The third-order valence-corrected chi connectivity index (χ3v) is 8.84. The number of benzene rings is 5. The van der Waals surface area contributed by atoms with Crippen LogP contribution in [0.2, 0.25) is 0 Å². The van der Waals surface area contributed by atoms with Crippen LogP contribution in [0.25, 0.3) is 66.7 Å². The van der Waals surface area contributed by atoms with Gasteiger partial charge in [0.15, 0.2) is 5.82 Å². The van der Waals surface area contributed by atoms with Gasteiger partial charge in [0.1, 0.15) is 0 Å². The smallest absolute Gasteiger partial charge is 0.161 e. The fraction of sp³-hybridized carbons (Fsp3) is 0.190. The van der Waals surface area contributed by atoms with Gasteiger partial charge >= 0.3 is 0 Å². The molecular weight excluding hydrogens is 546 g/mol. The van der Waals surface area contributed by atoms with Gasteiger partial charge in [-0.25, -0.2) is 9.97 Å². The Bertz CT molecular complexity index is 2080. The zero-order valence-corrected chi connectivity index (χ0v) is 26.9. The highest BCUT2D eigenvalue weighted by Gasteiger charge is 2.17. The van der Waals surface area contributed by atoms with Crippen LogP contribution in [-0.2, 0) is 10.8 Å². The Morgan fingerprint density at radius 2 is 1.07 bits per heavy atom. The number of nitrogens with zero attached hydrogens (tertiary/aromatic N) is 2. The van der Waals surface area contributed by atoms with Gasteiger partial charge in [0.25, 0.3) is 0 Å². The molecule has 3 nitrogen and oxygen atoms in total. The van der Waals surface area contributed by atoms with Gasteiger partial charge in [-0.1, -0.05) is 120 Å². The first-order valence-electron chi connectivity index (χ1n) is 15.7. The second-order valence-corrected chi connectivity index (χ2v) is 14.1. The van der Waals surface area contributed by atoms with Gasteiger partial charge in [-0.05, 0) is 80.6 Å². The first-order chi connectivity index (χ1) is 21.5. The first-order valence-corrected chi connectivity index (χ1v) is 15.7. The first kappa shape index (κ1) is 28.7. The summed E-state index contributed by atoms with van der Waals surface area (Å²) in [5, 5.41) is 2.39. The molecule has 0 aliphatic rings. The largest absolute Gasteiger partial charge is 0.354 e. The molecule has 0 aliphatic heterocycles. The van der Waals surface area contributed by atoms with Crippen molar-refractivity contribution in [2.75, 3.05) is 0 Å². The third-order valence-electron chi connectivity index (χ3n) is 8.84. The molecule has 222 valence electrons. The van der Waals surface area contributed by atoms with Crippen molar-refractivity contribution in [1.29, 1.82) is 0 Å². The fourth-order valence-corrected chi connectivity index (χ4v) is 6.14. The average molecular weight is 586 g/mol. The van der Waals surface area contributed by atoms with Gasteiger partial charge in [-0.2, -0.15) is 0 Å². The van der Waals surface area contributed by atoms with Gasteiger partial charge in [-0.15, -0.1) is 0 Å². The van der Waals surface area contributed by atoms with Gasteiger partial charge in [0.05, 0.1) is 11.2 Å². The number of fused-ring (bicyclic) bond motifs is 3. The molecule has 0 fully saturated rings. The number of H-pyrrole nitrogens is 1. The highest BCUT2D eigenvalue weighted by molar-refractivity contribution is 6.11. The van der Waals surface area contributed by atoms with Crippen molar-refractivity contribution in [3.8, 4) is 44.9 Å². The van der Waals surface area contributed by atoms with Crippen molar-refractivity contribution in [3.05, 3.63) is 133 Å². The molecule has 0 bridgehead atoms. The Morgan fingerprint density at radius 1 is 0.511 bits per heavy atom. The monoisotopic (exact) mass is 585 g/mol. The summed E-state index contributed by atoms with van der Waals surface area (Å²) in [4.78, 5) is 13.5. The van der Waals surface area contributed by atoms with Gasteiger partial charge < -0.3 is 4.98 Å². The van der Waals surface area contributed by atoms with E-state index in [9.17, 15) is 0 Å². The lowest BCUT2D eigenvalue weighted by atomic mass is 9.85. The van der Waals surface area contributed by atoms with Gasteiger partial charge in [-0.3, -0.25) is 0 Å². The van der Waals surface area contributed by atoms with E-state index in [4.69, 9.17) is 9.97 Å². The van der Waals surface area contributed by atoms with E-state index in [1.807, 2.05) is 12.3 Å². The molecule has 0 saturated carbocycles. The number of hydrogen-bond acceptors (Lipinski definition) is 2. The Morgan fingerprint density at radius 3 is 1.67 bits per heavy atom. The number of nitrogens with one attached hydrogen (secondary N) is 1. The molecule has 2 heterocycles.